The van der Waals surface area contributed by atoms with Crippen LogP contribution in [0.5, 0.6) is 5.75 Å². The van der Waals surface area contributed by atoms with Crippen molar-refractivity contribution >= 4 is 5.91 Å². The maximum Gasteiger partial charge on any atom is 0.245 e. The Morgan fingerprint density at radius 1 is 1.53 bits per heavy atom. The molecule has 4 nitrogen and oxygen atoms in total. The molecule has 1 aromatic rings. The molecule has 0 radical (unpaired) electrons. The average molecular weight is 213 g/mol. The maximum atomic E-state index is 12.7. The van der Waals surface area contributed by atoms with Gasteiger partial charge in [-0.3, -0.25) is 4.79 Å². The van der Waals surface area contributed by atoms with Gasteiger partial charge >= 0.3 is 0 Å². The van der Waals surface area contributed by atoms with E-state index in [4.69, 9.17) is 9.84 Å². The molecule has 1 rings (SSSR count). The summed E-state index contributed by atoms with van der Waals surface area (Å²) >= 11 is 0. The molecule has 0 aliphatic rings. The fourth-order valence-electron chi connectivity index (χ4n) is 0.972. The van der Waals surface area contributed by atoms with Gasteiger partial charge in [0.2, 0.25) is 5.91 Å². The van der Waals surface area contributed by atoms with Crippen molar-refractivity contribution in [2.45, 2.75) is 0 Å². The van der Waals surface area contributed by atoms with Gasteiger partial charge in [-0.05, 0) is 12.1 Å². The lowest BCUT2D eigenvalue weighted by Gasteiger charge is -2.06. The third-order valence-electron chi connectivity index (χ3n) is 1.63. The van der Waals surface area contributed by atoms with E-state index in [9.17, 15) is 9.18 Å². The topological polar surface area (TPSA) is 58.6 Å². The lowest BCUT2D eigenvalue weighted by molar-refractivity contribution is -0.123. The molecule has 0 aromatic heterocycles. The number of halogens is 1. The second-order valence-electron chi connectivity index (χ2n) is 2.81. The number of amides is 1. The van der Waals surface area contributed by atoms with Gasteiger partial charge in [0.05, 0.1) is 6.54 Å². The summed E-state index contributed by atoms with van der Waals surface area (Å²) in [5, 5.41) is 10.8. The molecule has 0 bridgehead atoms. The van der Waals surface area contributed by atoms with E-state index in [1.807, 2.05) is 0 Å². The van der Waals surface area contributed by atoms with Crippen LogP contribution < -0.4 is 10.1 Å². The number of hydrogen-bond donors (Lipinski definition) is 2. The normalized spacial score (nSPS) is 9.73. The Labute approximate surface area is 86.7 Å². The first-order chi connectivity index (χ1) is 7.22. The number of benzene rings is 1. The van der Waals surface area contributed by atoms with Crippen LogP contribution in [0.3, 0.4) is 0 Å². The van der Waals surface area contributed by atoms with E-state index >= 15 is 0 Å². The number of nitrogens with one attached hydrogen (secondary N) is 1. The van der Waals surface area contributed by atoms with Gasteiger partial charge in [0.25, 0.3) is 0 Å². The number of rotatable bonds is 5. The van der Waals surface area contributed by atoms with Crippen molar-refractivity contribution in [3.05, 3.63) is 30.1 Å². The molecule has 0 aliphatic heterocycles. The zero-order valence-corrected chi connectivity index (χ0v) is 8.07. The largest absolute Gasteiger partial charge is 0.492 e. The van der Waals surface area contributed by atoms with Crippen LogP contribution >= 0.6 is 0 Å². The third kappa shape index (κ3) is 4.42. The van der Waals surface area contributed by atoms with Crippen molar-refractivity contribution in [1.82, 2.24) is 5.32 Å². The van der Waals surface area contributed by atoms with Gasteiger partial charge in [-0.15, -0.1) is 0 Å². The number of ether oxygens (including phenoxy) is 1. The van der Waals surface area contributed by atoms with Gasteiger partial charge in [0.1, 0.15) is 24.8 Å². The minimum absolute atomic E-state index is 0.231. The van der Waals surface area contributed by atoms with Gasteiger partial charge in [0, 0.05) is 6.07 Å². The Hall–Kier alpha value is -1.62. The predicted octanol–water partition coefficient (Wildman–Crippen LogP) is 0.313. The fraction of sp³-hybridized carbons (Fsp3) is 0.300. The van der Waals surface area contributed by atoms with Crippen LogP contribution in [0.1, 0.15) is 0 Å². The van der Waals surface area contributed by atoms with Gasteiger partial charge < -0.3 is 15.2 Å². The zero-order valence-electron chi connectivity index (χ0n) is 8.07. The Kier molecular flexibility index (Phi) is 4.56. The molecule has 0 atom stereocenters. The number of carbonyl (C=O) groups is 1. The standard InChI is InChI=1S/C10H12FNO3/c11-8-2-1-3-9(6-8)15-5-4-12-10(14)7-13/h1-3,6,13H,4-5,7H2,(H,12,14). The highest BCUT2D eigenvalue weighted by Gasteiger charge is 1.98. The Balaban J connectivity index is 2.23. The fourth-order valence-corrected chi connectivity index (χ4v) is 0.972. The third-order valence-corrected chi connectivity index (χ3v) is 1.63. The maximum absolute atomic E-state index is 12.7. The smallest absolute Gasteiger partial charge is 0.245 e. The van der Waals surface area contributed by atoms with Crippen molar-refractivity contribution in [2.24, 2.45) is 0 Å². The van der Waals surface area contributed by atoms with Crippen molar-refractivity contribution in [1.29, 1.82) is 0 Å². The van der Waals surface area contributed by atoms with Crippen molar-refractivity contribution in [3.63, 3.8) is 0 Å². The van der Waals surface area contributed by atoms with E-state index < -0.39 is 12.5 Å². The lowest BCUT2D eigenvalue weighted by atomic mass is 10.3. The van der Waals surface area contributed by atoms with Crippen LogP contribution in [0.25, 0.3) is 0 Å². The second kappa shape index (κ2) is 5.98. The summed E-state index contributed by atoms with van der Waals surface area (Å²) in [6, 6.07) is 5.74. The van der Waals surface area contributed by atoms with Crippen LogP contribution in [-0.4, -0.2) is 30.8 Å². The molecule has 0 unspecified atom stereocenters. The molecule has 0 saturated heterocycles. The van der Waals surface area contributed by atoms with Crippen molar-refractivity contribution < 1.29 is 19.0 Å². The molecule has 1 amide bonds. The Bertz CT molecular complexity index is 330. The van der Waals surface area contributed by atoms with Crippen LogP contribution in [-0.2, 0) is 4.79 Å². The van der Waals surface area contributed by atoms with Crippen LogP contribution in [0.4, 0.5) is 4.39 Å². The van der Waals surface area contributed by atoms with E-state index in [1.165, 1.54) is 18.2 Å². The van der Waals surface area contributed by atoms with E-state index in [1.54, 1.807) is 6.07 Å². The second-order valence-corrected chi connectivity index (χ2v) is 2.81. The van der Waals surface area contributed by atoms with E-state index in [2.05, 4.69) is 5.32 Å². The van der Waals surface area contributed by atoms with E-state index in [0.717, 1.165) is 0 Å². The number of hydrogen-bond acceptors (Lipinski definition) is 3. The minimum atomic E-state index is -0.542. The first-order valence-corrected chi connectivity index (χ1v) is 4.48. The summed E-state index contributed by atoms with van der Waals surface area (Å²) in [6.45, 7) is -0.0366. The molecule has 15 heavy (non-hydrogen) atoms. The molecule has 1 aromatic carbocycles. The van der Waals surface area contributed by atoms with Gasteiger partial charge in [-0.1, -0.05) is 6.07 Å². The van der Waals surface area contributed by atoms with Crippen LogP contribution in [0, 0.1) is 5.82 Å². The molecule has 0 saturated carbocycles. The summed E-state index contributed by atoms with van der Waals surface area (Å²) in [4.78, 5) is 10.6. The summed E-state index contributed by atoms with van der Waals surface area (Å²) in [5.74, 6) is -0.419. The van der Waals surface area contributed by atoms with Crippen LogP contribution in [0.2, 0.25) is 0 Å². The quantitative estimate of drug-likeness (QED) is 0.692. The number of aliphatic hydroxyl groups excluding tert-OH is 1. The average Bonchev–Trinajstić information content (AvgIpc) is 2.24. The monoisotopic (exact) mass is 213 g/mol. The number of carbonyl (C=O) groups excluding carboxylic acids is 1. The molecular weight excluding hydrogens is 201 g/mol. The molecule has 0 heterocycles. The first-order valence-electron chi connectivity index (χ1n) is 4.48. The summed E-state index contributed by atoms with van der Waals surface area (Å²) in [6.07, 6.45) is 0. The van der Waals surface area contributed by atoms with Crippen molar-refractivity contribution in [3.8, 4) is 5.75 Å². The van der Waals surface area contributed by atoms with Gasteiger partial charge in [-0.2, -0.15) is 0 Å². The predicted molar refractivity (Wildman–Crippen MR) is 52.0 cm³/mol. The molecule has 2 N–H and O–H groups in total. The summed E-state index contributed by atoms with van der Waals surface area (Å²) < 4.78 is 17.8. The zero-order chi connectivity index (χ0) is 11.1. The molecule has 5 heteroatoms. The molecular formula is C10H12FNO3. The highest BCUT2D eigenvalue weighted by molar-refractivity contribution is 5.76. The first kappa shape index (κ1) is 11.5. The highest BCUT2D eigenvalue weighted by Crippen LogP contribution is 2.11. The molecule has 0 spiro atoms. The molecule has 82 valence electrons. The summed E-state index contributed by atoms with van der Waals surface area (Å²) in [7, 11) is 0. The molecule has 0 fully saturated rings. The summed E-state index contributed by atoms with van der Waals surface area (Å²) in [5.41, 5.74) is 0. The van der Waals surface area contributed by atoms with Gasteiger partial charge in [0.15, 0.2) is 0 Å². The Morgan fingerprint density at radius 3 is 3.00 bits per heavy atom. The Morgan fingerprint density at radius 2 is 2.33 bits per heavy atom. The number of aliphatic hydroxyl groups is 1. The highest BCUT2D eigenvalue weighted by atomic mass is 19.1. The van der Waals surface area contributed by atoms with Crippen molar-refractivity contribution in [2.75, 3.05) is 19.8 Å². The molecule has 0 aliphatic carbocycles. The van der Waals surface area contributed by atoms with Gasteiger partial charge in [-0.25, -0.2) is 4.39 Å². The van der Waals surface area contributed by atoms with E-state index in [-0.39, 0.29) is 19.0 Å². The minimum Gasteiger partial charge on any atom is -0.492 e. The SMILES string of the molecule is O=C(CO)NCCOc1cccc(F)c1. The lowest BCUT2D eigenvalue weighted by Crippen LogP contribution is -2.30. The van der Waals surface area contributed by atoms with Crippen LogP contribution in [0.15, 0.2) is 24.3 Å². The van der Waals surface area contributed by atoms with E-state index in [0.29, 0.717) is 5.75 Å².